The van der Waals surface area contributed by atoms with Gasteiger partial charge in [0, 0.05) is 26.2 Å². The fourth-order valence-electron chi connectivity index (χ4n) is 5.33. The molecule has 57 heavy (non-hydrogen) atoms. The molecular weight excluding hydrogens is 817 g/mol. The van der Waals surface area contributed by atoms with Gasteiger partial charge in [-0.2, -0.15) is 25.4 Å². The van der Waals surface area contributed by atoms with Gasteiger partial charge in [0.25, 0.3) is 20.2 Å². The summed E-state index contributed by atoms with van der Waals surface area (Å²) in [5, 5.41) is 0. The quantitative estimate of drug-likeness (QED) is 0.0693. The van der Waals surface area contributed by atoms with Crippen LogP contribution in [0.5, 0.6) is 0 Å². The molecule has 14 nitrogen and oxygen atoms in total. The van der Waals surface area contributed by atoms with Crippen LogP contribution in [-0.2, 0) is 58.1 Å². The first-order valence-electron chi connectivity index (χ1n) is 18.1. The minimum Gasteiger partial charge on any atom is -0.378 e. The Morgan fingerprint density at radius 3 is 0.947 bits per heavy atom. The number of sulfonamides is 2. The van der Waals surface area contributed by atoms with Gasteiger partial charge < -0.3 is 9.47 Å². The van der Waals surface area contributed by atoms with Crippen molar-refractivity contribution in [3.05, 3.63) is 119 Å². The van der Waals surface area contributed by atoms with Crippen LogP contribution in [-0.4, -0.2) is 108 Å². The Balaban J connectivity index is 1.38. The zero-order valence-electron chi connectivity index (χ0n) is 32.4. The van der Waals surface area contributed by atoms with Crippen molar-refractivity contribution >= 4 is 40.3 Å². The molecule has 4 aromatic rings. The van der Waals surface area contributed by atoms with Crippen LogP contribution < -0.4 is 0 Å². The van der Waals surface area contributed by atoms with E-state index in [2.05, 4.69) is 0 Å². The van der Waals surface area contributed by atoms with Crippen molar-refractivity contribution in [1.29, 1.82) is 0 Å². The Bertz CT molecular complexity index is 2150. The third-order valence-corrected chi connectivity index (χ3v) is 15.1. The van der Waals surface area contributed by atoms with Crippen LogP contribution in [0.3, 0.4) is 0 Å². The molecule has 0 N–H and O–H groups in total. The number of benzene rings is 4. The molecule has 4 rings (SSSR count). The molecular formula is C39H50N2O12S4. The van der Waals surface area contributed by atoms with E-state index >= 15 is 0 Å². The Morgan fingerprint density at radius 2 is 0.649 bits per heavy atom. The molecule has 0 aliphatic heterocycles. The Morgan fingerprint density at radius 1 is 0.368 bits per heavy atom. The van der Waals surface area contributed by atoms with Crippen LogP contribution in [0.2, 0.25) is 0 Å². The number of hydrogen-bond acceptors (Lipinski definition) is 12. The van der Waals surface area contributed by atoms with Gasteiger partial charge in [-0.05, 0) is 82.6 Å². The van der Waals surface area contributed by atoms with E-state index in [9.17, 15) is 33.7 Å². The highest BCUT2D eigenvalue weighted by Gasteiger charge is 2.28. The van der Waals surface area contributed by atoms with Crippen molar-refractivity contribution in [3.8, 4) is 0 Å². The molecule has 4 aromatic carbocycles. The summed E-state index contributed by atoms with van der Waals surface area (Å²) in [4.78, 5) is 0.105. The summed E-state index contributed by atoms with van der Waals surface area (Å²) in [6.45, 7) is 5.91. The van der Waals surface area contributed by atoms with Crippen molar-refractivity contribution in [2.45, 2.75) is 53.7 Å². The summed E-state index contributed by atoms with van der Waals surface area (Å²) in [5.74, 6) is 0. The second-order valence-corrected chi connectivity index (χ2v) is 20.3. The zero-order chi connectivity index (χ0) is 41.7. The zero-order valence-corrected chi connectivity index (χ0v) is 35.7. The fourth-order valence-corrected chi connectivity index (χ4v) is 10.0. The Labute approximate surface area is 337 Å². The Kier molecular flexibility index (Phi) is 16.9. The fraction of sp³-hybridized carbons (Fsp3) is 0.385. The van der Waals surface area contributed by atoms with Crippen LogP contribution in [0.25, 0.3) is 0 Å². The lowest BCUT2D eigenvalue weighted by atomic mass is 10.2. The third kappa shape index (κ3) is 13.8. The first-order valence-corrected chi connectivity index (χ1v) is 23.8. The minimum atomic E-state index is -4.05. The lowest BCUT2D eigenvalue weighted by Crippen LogP contribution is -2.39. The van der Waals surface area contributed by atoms with Crippen LogP contribution in [0.4, 0.5) is 0 Å². The average Bonchev–Trinajstić information content (AvgIpc) is 3.16. The second-order valence-electron chi connectivity index (χ2n) is 13.2. The molecule has 0 fully saturated rings. The minimum absolute atomic E-state index is 0.00631. The Hall–Kier alpha value is -3.56. The predicted molar refractivity (Wildman–Crippen MR) is 215 cm³/mol. The molecule has 0 unspecified atom stereocenters. The lowest BCUT2D eigenvalue weighted by Gasteiger charge is -2.26. The molecule has 0 saturated carbocycles. The van der Waals surface area contributed by atoms with Crippen LogP contribution in [0.1, 0.15) is 28.7 Å². The topological polar surface area (TPSA) is 180 Å². The lowest BCUT2D eigenvalue weighted by molar-refractivity contribution is 0.0915. The van der Waals surface area contributed by atoms with Gasteiger partial charge in [0.05, 0.1) is 59.2 Å². The van der Waals surface area contributed by atoms with Gasteiger partial charge in [-0.25, -0.2) is 16.8 Å². The maximum absolute atomic E-state index is 13.8. The van der Waals surface area contributed by atoms with Crippen molar-refractivity contribution in [2.24, 2.45) is 0 Å². The van der Waals surface area contributed by atoms with E-state index < -0.39 is 40.3 Å². The molecule has 0 heterocycles. The number of hydrogen-bond donors (Lipinski definition) is 0. The number of rotatable bonds is 24. The first-order chi connectivity index (χ1) is 26.9. The molecule has 0 aromatic heterocycles. The van der Waals surface area contributed by atoms with Gasteiger partial charge in [-0.3, -0.25) is 8.37 Å². The SMILES string of the molecule is Cc1ccc(S(=O)(=O)OCCOCCN(CCCN(CCOCCOS(=O)(=O)c2ccc(C)cc2)S(=O)(=O)c2ccc(C)cc2)S(=O)(=O)c2ccc(C)cc2)cc1. The van der Waals surface area contributed by atoms with E-state index in [0.29, 0.717) is 0 Å². The largest absolute Gasteiger partial charge is 0.378 e. The van der Waals surface area contributed by atoms with Gasteiger partial charge in [-0.15, -0.1) is 0 Å². The number of nitrogens with zero attached hydrogens (tertiary/aromatic N) is 2. The van der Waals surface area contributed by atoms with E-state index in [-0.39, 0.29) is 91.8 Å². The number of aryl methyl sites for hydroxylation is 4. The number of ether oxygens (including phenoxy) is 2. The normalized spacial score (nSPS) is 12.7. The van der Waals surface area contributed by atoms with Gasteiger partial charge >= 0.3 is 0 Å². The molecule has 0 aliphatic rings. The maximum Gasteiger partial charge on any atom is 0.297 e. The first kappa shape index (κ1) is 46.1. The molecule has 312 valence electrons. The van der Waals surface area contributed by atoms with Crippen molar-refractivity contribution in [1.82, 2.24) is 8.61 Å². The van der Waals surface area contributed by atoms with E-state index in [0.717, 1.165) is 22.3 Å². The molecule has 18 heteroatoms. The monoisotopic (exact) mass is 866 g/mol. The van der Waals surface area contributed by atoms with Gasteiger partial charge in [0.1, 0.15) is 0 Å². The summed E-state index contributed by atoms with van der Waals surface area (Å²) in [7, 11) is -16.1. The van der Waals surface area contributed by atoms with E-state index in [1.807, 2.05) is 27.7 Å². The van der Waals surface area contributed by atoms with Crippen LogP contribution in [0, 0.1) is 27.7 Å². The summed E-state index contributed by atoms with van der Waals surface area (Å²) in [5.41, 5.74) is 3.51. The van der Waals surface area contributed by atoms with Crippen molar-refractivity contribution in [3.63, 3.8) is 0 Å². The molecule has 0 atom stereocenters. The van der Waals surface area contributed by atoms with E-state index in [1.54, 1.807) is 48.5 Å². The average molecular weight is 867 g/mol. The van der Waals surface area contributed by atoms with Crippen molar-refractivity contribution in [2.75, 3.05) is 65.8 Å². The molecule has 0 spiro atoms. The van der Waals surface area contributed by atoms with Gasteiger partial charge in [0.15, 0.2) is 0 Å². The summed E-state index contributed by atoms with van der Waals surface area (Å²) in [6, 6.07) is 25.0. The molecule has 0 bridgehead atoms. The highest BCUT2D eigenvalue weighted by molar-refractivity contribution is 7.89. The van der Waals surface area contributed by atoms with E-state index in [1.165, 1.54) is 57.1 Å². The van der Waals surface area contributed by atoms with Gasteiger partial charge in [0.2, 0.25) is 20.0 Å². The highest BCUT2D eigenvalue weighted by atomic mass is 32.2. The summed E-state index contributed by atoms with van der Waals surface area (Å²) in [6.07, 6.45) is 0.0893. The van der Waals surface area contributed by atoms with E-state index in [4.69, 9.17) is 17.8 Å². The summed E-state index contributed by atoms with van der Waals surface area (Å²) < 4.78 is 129. The van der Waals surface area contributed by atoms with Crippen LogP contribution in [0.15, 0.2) is 117 Å². The second kappa shape index (κ2) is 20.9. The third-order valence-electron chi connectivity index (χ3n) is 8.65. The van der Waals surface area contributed by atoms with Gasteiger partial charge in [-0.1, -0.05) is 70.8 Å². The smallest absolute Gasteiger partial charge is 0.297 e. The van der Waals surface area contributed by atoms with Crippen molar-refractivity contribution < 1.29 is 51.5 Å². The standard InChI is InChI=1S/C39H50N2O12S4/c1-32-6-14-36(15-7-32)54(42,43)40(24-26-50-28-30-52-56(46,47)38-18-10-34(3)11-19-38)22-5-23-41(55(44,45)37-16-8-33(2)9-17-37)25-27-51-29-31-53-57(48,49)39-20-12-35(4)13-21-39/h6-21H,5,22-31H2,1-4H3. The van der Waals surface area contributed by atoms with Crippen LogP contribution >= 0.6 is 0 Å². The highest BCUT2D eigenvalue weighted by Crippen LogP contribution is 2.20. The molecule has 0 radical (unpaired) electrons. The molecule has 0 saturated heterocycles. The molecule has 0 amide bonds. The summed E-state index contributed by atoms with van der Waals surface area (Å²) >= 11 is 0. The predicted octanol–water partition coefficient (Wildman–Crippen LogP) is 4.84. The molecule has 0 aliphatic carbocycles. The maximum atomic E-state index is 13.8.